The summed E-state index contributed by atoms with van der Waals surface area (Å²) in [5, 5.41) is 3.40. The van der Waals surface area contributed by atoms with Crippen molar-refractivity contribution in [3.63, 3.8) is 0 Å². The van der Waals surface area contributed by atoms with Gasteiger partial charge in [-0.3, -0.25) is 0 Å². The van der Waals surface area contributed by atoms with Gasteiger partial charge in [-0.1, -0.05) is 12.1 Å². The van der Waals surface area contributed by atoms with Crippen LogP contribution >= 0.6 is 11.8 Å². The summed E-state index contributed by atoms with van der Waals surface area (Å²) < 4.78 is 18.5. The lowest BCUT2D eigenvalue weighted by Gasteiger charge is -2.09. The third-order valence-electron chi connectivity index (χ3n) is 2.56. The summed E-state index contributed by atoms with van der Waals surface area (Å²) in [4.78, 5) is 0.729. The van der Waals surface area contributed by atoms with E-state index in [0.29, 0.717) is 6.04 Å². The molecule has 1 N–H and O–H groups in total. The van der Waals surface area contributed by atoms with Gasteiger partial charge in [0.2, 0.25) is 0 Å². The van der Waals surface area contributed by atoms with E-state index in [-0.39, 0.29) is 5.82 Å². The predicted molar refractivity (Wildman–Crippen MR) is 64.4 cm³/mol. The van der Waals surface area contributed by atoms with Gasteiger partial charge in [0.1, 0.15) is 5.82 Å². The fourth-order valence-corrected chi connectivity index (χ4v) is 2.50. The summed E-state index contributed by atoms with van der Waals surface area (Å²) in [6, 6.07) is 7.39. The van der Waals surface area contributed by atoms with Crippen LogP contribution < -0.4 is 5.32 Å². The summed E-state index contributed by atoms with van der Waals surface area (Å²) >= 11 is 1.55. The molecule has 1 aromatic carbocycles. The first-order valence-corrected chi connectivity index (χ1v) is 6.53. The minimum atomic E-state index is -0.128. The van der Waals surface area contributed by atoms with Gasteiger partial charge in [0.05, 0.1) is 6.61 Å². The van der Waals surface area contributed by atoms with Crippen LogP contribution in [0.1, 0.15) is 6.42 Å². The molecule has 1 atom stereocenters. The van der Waals surface area contributed by atoms with E-state index in [4.69, 9.17) is 4.74 Å². The second-order valence-electron chi connectivity index (χ2n) is 3.79. The Morgan fingerprint density at radius 3 is 3.06 bits per heavy atom. The average Bonchev–Trinajstić information content (AvgIpc) is 2.79. The fourth-order valence-electron chi connectivity index (χ4n) is 1.68. The minimum absolute atomic E-state index is 0.128. The number of halogens is 1. The largest absolute Gasteiger partial charge is 0.380 e. The number of ether oxygens (including phenoxy) is 1. The molecule has 1 aliphatic heterocycles. The number of benzene rings is 1. The maximum atomic E-state index is 13.3. The standard InChI is InChI=1S/C12H16FNOS/c13-11-3-1-2-4-12(11)16-8-6-14-10-5-7-15-9-10/h1-4,10,14H,5-9H2. The Morgan fingerprint density at radius 1 is 1.44 bits per heavy atom. The number of hydrogen-bond donors (Lipinski definition) is 1. The molecule has 0 amide bonds. The summed E-state index contributed by atoms with van der Waals surface area (Å²) in [7, 11) is 0. The number of hydrogen-bond acceptors (Lipinski definition) is 3. The van der Waals surface area contributed by atoms with E-state index >= 15 is 0 Å². The molecule has 1 aromatic rings. The summed E-state index contributed by atoms with van der Waals surface area (Å²) in [5.74, 6) is 0.758. The highest BCUT2D eigenvalue weighted by atomic mass is 32.2. The molecule has 0 radical (unpaired) electrons. The van der Waals surface area contributed by atoms with Crippen LogP contribution in [-0.4, -0.2) is 31.6 Å². The highest BCUT2D eigenvalue weighted by molar-refractivity contribution is 7.99. The lowest BCUT2D eigenvalue weighted by atomic mass is 10.3. The Labute approximate surface area is 99.6 Å². The number of thioether (sulfide) groups is 1. The van der Waals surface area contributed by atoms with E-state index in [9.17, 15) is 4.39 Å². The molecule has 0 bridgehead atoms. The predicted octanol–water partition coefficient (Wildman–Crippen LogP) is 2.30. The molecule has 1 unspecified atom stereocenters. The summed E-state index contributed by atoms with van der Waals surface area (Å²) in [6.45, 7) is 2.56. The molecule has 0 spiro atoms. The van der Waals surface area contributed by atoms with Gasteiger partial charge in [-0.15, -0.1) is 11.8 Å². The zero-order valence-electron chi connectivity index (χ0n) is 9.12. The van der Waals surface area contributed by atoms with E-state index < -0.39 is 0 Å². The third-order valence-corrected chi connectivity index (χ3v) is 3.61. The van der Waals surface area contributed by atoms with Crippen LogP contribution in [-0.2, 0) is 4.74 Å². The van der Waals surface area contributed by atoms with Crippen molar-refractivity contribution in [1.82, 2.24) is 5.32 Å². The van der Waals surface area contributed by atoms with Gasteiger partial charge in [-0.2, -0.15) is 0 Å². The van der Waals surface area contributed by atoms with Gasteiger partial charge in [-0.05, 0) is 18.6 Å². The lowest BCUT2D eigenvalue weighted by molar-refractivity contribution is 0.190. The molecule has 88 valence electrons. The Hall–Kier alpha value is -0.580. The van der Waals surface area contributed by atoms with Crippen molar-refractivity contribution in [1.29, 1.82) is 0 Å². The van der Waals surface area contributed by atoms with Crippen LogP contribution in [0.2, 0.25) is 0 Å². The summed E-state index contributed by atoms with van der Waals surface area (Å²) in [6.07, 6.45) is 1.09. The molecular weight excluding hydrogens is 225 g/mol. The second kappa shape index (κ2) is 6.23. The van der Waals surface area contributed by atoms with Crippen molar-refractivity contribution >= 4 is 11.8 Å². The van der Waals surface area contributed by atoms with Crippen LogP contribution in [0.5, 0.6) is 0 Å². The molecule has 1 saturated heterocycles. The molecule has 2 rings (SSSR count). The van der Waals surface area contributed by atoms with Crippen molar-refractivity contribution in [2.75, 3.05) is 25.5 Å². The van der Waals surface area contributed by atoms with Gasteiger partial charge >= 0.3 is 0 Å². The van der Waals surface area contributed by atoms with E-state index in [1.165, 1.54) is 6.07 Å². The smallest absolute Gasteiger partial charge is 0.136 e. The molecule has 0 aromatic heterocycles. The first-order valence-electron chi connectivity index (χ1n) is 5.55. The van der Waals surface area contributed by atoms with Gasteiger partial charge in [0.15, 0.2) is 0 Å². The highest BCUT2D eigenvalue weighted by Gasteiger charge is 2.13. The van der Waals surface area contributed by atoms with E-state index in [1.54, 1.807) is 17.8 Å². The SMILES string of the molecule is Fc1ccccc1SCCNC1CCOC1. The van der Waals surface area contributed by atoms with Crippen LogP contribution in [0.3, 0.4) is 0 Å². The molecule has 2 nitrogen and oxygen atoms in total. The van der Waals surface area contributed by atoms with E-state index in [2.05, 4.69) is 5.32 Å². The van der Waals surface area contributed by atoms with Crippen LogP contribution in [0.15, 0.2) is 29.2 Å². The molecule has 1 aliphatic rings. The van der Waals surface area contributed by atoms with Crippen molar-refractivity contribution in [3.8, 4) is 0 Å². The summed E-state index contributed by atoms with van der Waals surface area (Å²) in [5.41, 5.74) is 0. The van der Waals surface area contributed by atoms with Crippen LogP contribution in [0.25, 0.3) is 0 Å². The number of rotatable bonds is 5. The molecule has 0 aliphatic carbocycles. The molecular formula is C12H16FNOS. The number of nitrogens with one attached hydrogen (secondary N) is 1. The molecule has 16 heavy (non-hydrogen) atoms. The monoisotopic (exact) mass is 241 g/mol. The second-order valence-corrected chi connectivity index (χ2v) is 4.93. The van der Waals surface area contributed by atoms with Crippen LogP contribution in [0.4, 0.5) is 4.39 Å². The normalized spacial score (nSPS) is 20.2. The lowest BCUT2D eigenvalue weighted by Crippen LogP contribution is -2.30. The van der Waals surface area contributed by atoms with Gasteiger partial charge in [0.25, 0.3) is 0 Å². The van der Waals surface area contributed by atoms with E-state index in [1.807, 2.05) is 12.1 Å². The van der Waals surface area contributed by atoms with Crippen molar-refractivity contribution in [3.05, 3.63) is 30.1 Å². The fraction of sp³-hybridized carbons (Fsp3) is 0.500. The molecule has 1 fully saturated rings. The zero-order valence-corrected chi connectivity index (χ0v) is 9.93. The minimum Gasteiger partial charge on any atom is -0.380 e. The molecule has 1 heterocycles. The van der Waals surface area contributed by atoms with Crippen molar-refractivity contribution in [2.45, 2.75) is 17.4 Å². The van der Waals surface area contributed by atoms with Gasteiger partial charge in [-0.25, -0.2) is 4.39 Å². The van der Waals surface area contributed by atoms with Crippen molar-refractivity contribution in [2.24, 2.45) is 0 Å². The Balaban J connectivity index is 1.66. The maximum absolute atomic E-state index is 13.3. The van der Waals surface area contributed by atoms with E-state index in [0.717, 1.165) is 36.8 Å². The van der Waals surface area contributed by atoms with Crippen molar-refractivity contribution < 1.29 is 9.13 Å². The first kappa shape index (κ1) is 11.9. The zero-order chi connectivity index (χ0) is 11.2. The third kappa shape index (κ3) is 3.47. The van der Waals surface area contributed by atoms with Gasteiger partial charge < -0.3 is 10.1 Å². The maximum Gasteiger partial charge on any atom is 0.136 e. The topological polar surface area (TPSA) is 21.3 Å². The average molecular weight is 241 g/mol. The first-order chi connectivity index (χ1) is 7.86. The highest BCUT2D eigenvalue weighted by Crippen LogP contribution is 2.20. The Kier molecular flexibility index (Phi) is 4.63. The van der Waals surface area contributed by atoms with Gasteiger partial charge in [0, 0.05) is 29.8 Å². The Morgan fingerprint density at radius 2 is 2.31 bits per heavy atom. The quantitative estimate of drug-likeness (QED) is 0.631. The molecule has 0 saturated carbocycles. The Bertz CT molecular complexity index is 329. The van der Waals surface area contributed by atoms with Crippen LogP contribution in [0, 0.1) is 5.82 Å². The molecule has 4 heteroatoms.